The number of hydrogen-bond acceptors (Lipinski definition) is 5. The molecule has 0 spiro atoms. The van der Waals surface area contributed by atoms with E-state index in [2.05, 4.69) is 9.88 Å². The monoisotopic (exact) mass is 262 g/mol. The first-order valence-electron chi connectivity index (χ1n) is 6.74. The fourth-order valence-electron chi connectivity index (χ4n) is 3.35. The summed E-state index contributed by atoms with van der Waals surface area (Å²) >= 11 is 0. The van der Waals surface area contributed by atoms with Crippen LogP contribution in [0.15, 0.2) is 18.3 Å². The maximum atomic E-state index is 10.6. The number of pyridine rings is 1. The Kier molecular flexibility index (Phi) is 3.10. The highest BCUT2D eigenvalue weighted by Crippen LogP contribution is 2.37. The first-order chi connectivity index (χ1) is 9.13. The molecular weight excluding hydrogens is 244 g/mol. The van der Waals surface area contributed by atoms with Gasteiger partial charge in [0.05, 0.1) is 5.69 Å². The molecule has 1 unspecified atom stereocenters. The van der Waals surface area contributed by atoms with Gasteiger partial charge < -0.3 is 20.7 Å². The third-order valence-electron chi connectivity index (χ3n) is 4.37. The molecule has 0 bridgehead atoms. The lowest BCUT2D eigenvalue weighted by Gasteiger charge is -2.27. The maximum absolute atomic E-state index is 10.6. The quantitative estimate of drug-likeness (QED) is 0.645. The van der Waals surface area contributed by atoms with Crippen molar-refractivity contribution in [1.29, 1.82) is 0 Å². The third kappa shape index (κ3) is 2.40. The van der Waals surface area contributed by atoms with Crippen molar-refractivity contribution in [1.82, 2.24) is 4.98 Å². The van der Waals surface area contributed by atoms with Crippen molar-refractivity contribution < 1.29 is 4.92 Å². The smallest absolute Gasteiger partial charge is 0.363 e. The van der Waals surface area contributed by atoms with Crippen LogP contribution in [-0.4, -0.2) is 29.0 Å². The first kappa shape index (κ1) is 12.3. The minimum absolute atomic E-state index is 0.0950. The molecule has 3 atom stereocenters. The molecule has 1 saturated heterocycles. The highest BCUT2D eigenvalue weighted by molar-refractivity contribution is 5.47. The molecule has 2 aliphatic rings. The van der Waals surface area contributed by atoms with Crippen molar-refractivity contribution in [2.24, 2.45) is 17.6 Å². The summed E-state index contributed by atoms with van der Waals surface area (Å²) in [5.74, 6) is 1.29. The van der Waals surface area contributed by atoms with Crippen molar-refractivity contribution in [2.75, 3.05) is 18.0 Å². The number of hydrogen-bond donors (Lipinski definition) is 1. The molecule has 3 rings (SSSR count). The predicted octanol–water partition coefficient (Wildman–Crippen LogP) is 1.55. The van der Waals surface area contributed by atoms with E-state index in [4.69, 9.17) is 5.73 Å². The van der Waals surface area contributed by atoms with Gasteiger partial charge in [0.2, 0.25) is 0 Å². The van der Waals surface area contributed by atoms with Gasteiger partial charge in [-0.25, -0.2) is 0 Å². The molecule has 1 saturated carbocycles. The van der Waals surface area contributed by atoms with Gasteiger partial charge in [0, 0.05) is 25.2 Å². The van der Waals surface area contributed by atoms with Crippen LogP contribution < -0.4 is 10.6 Å². The Morgan fingerprint density at radius 2 is 2.11 bits per heavy atom. The second-order valence-corrected chi connectivity index (χ2v) is 5.63. The van der Waals surface area contributed by atoms with Crippen LogP contribution in [0.4, 0.5) is 11.5 Å². The van der Waals surface area contributed by atoms with E-state index in [0.717, 1.165) is 37.5 Å². The maximum Gasteiger partial charge on any atom is 0.363 e. The molecule has 6 heteroatoms. The predicted molar refractivity (Wildman–Crippen MR) is 71.9 cm³/mol. The Labute approximate surface area is 111 Å². The van der Waals surface area contributed by atoms with Gasteiger partial charge in [0.15, 0.2) is 6.20 Å². The summed E-state index contributed by atoms with van der Waals surface area (Å²) in [6, 6.07) is 3.61. The van der Waals surface area contributed by atoms with E-state index in [1.165, 1.54) is 12.5 Å². The fraction of sp³-hybridized carbons (Fsp3) is 0.615. The summed E-state index contributed by atoms with van der Waals surface area (Å²) in [5.41, 5.74) is 7.00. The van der Waals surface area contributed by atoms with Gasteiger partial charge in [-0.3, -0.25) is 0 Å². The standard InChI is InChI=1S/C13H18N4O2/c14-11-2-1-9-7-16(8-10(9)5-11)12-3-4-13(15-6-12)17(18)19/h3-4,6,9-11H,1-2,5,7-8,14H2/t9-,10+,11?/m1/s1. The number of fused-ring (bicyclic) bond motifs is 1. The molecule has 2 fully saturated rings. The Morgan fingerprint density at radius 3 is 2.79 bits per heavy atom. The number of aromatic nitrogens is 1. The molecular formula is C13H18N4O2. The molecule has 1 aliphatic heterocycles. The lowest BCUT2D eigenvalue weighted by molar-refractivity contribution is -0.389. The molecule has 0 radical (unpaired) electrons. The molecule has 1 aromatic rings. The van der Waals surface area contributed by atoms with Crippen molar-refractivity contribution in [2.45, 2.75) is 25.3 Å². The summed E-state index contributed by atoms with van der Waals surface area (Å²) in [5, 5.41) is 10.6. The lowest BCUT2D eigenvalue weighted by atomic mass is 9.79. The Hall–Kier alpha value is -1.69. The molecule has 19 heavy (non-hydrogen) atoms. The van der Waals surface area contributed by atoms with Crippen molar-refractivity contribution >= 4 is 11.5 Å². The van der Waals surface area contributed by atoms with Crippen LogP contribution in [-0.2, 0) is 0 Å². The van der Waals surface area contributed by atoms with Gasteiger partial charge in [-0.15, -0.1) is 0 Å². The first-order valence-corrected chi connectivity index (χ1v) is 6.74. The van der Waals surface area contributed by atoms with E-state index in [0.29, 0.717) is 12.0 Å². The Bertz CT molecular complexity index is 476. The van der Waals surface area contributed by atoms with Gasteiger partial charge in [-0.05, 0) is 47.1 Å². The normalized spacial score (nSPS) is 30.2. The Morgan fingerprint density at radius 1 is 1.32 bits per heavy atom. The number of anilines is 1. The molecule has 2 N–H and O–H groups in total. The summed E-state index contributed by atoms with van der Waals surface area (Å²) < 4.78 is 0. The molecule has 102 valence electrons. The lowest BCUT2D eigenvalue weighted by Crippen LogP contribution is -2.32. The number of rotatable bonds is 2. The van der Waals surface area contributed by atoms with Crippen LogP contribution in [0, 0.1) is 22.0 Å². The molecule has 1 aromatic heterocycles. The molecule has 1 aliphatic carbocycles. The van der Waals surface area contributed by atoms with Gasteiger partial charge in [-0.1, -0.05) is 0 Å². The summed E-state index contributed by atoms with van der Waals surface area (Å²) in [6.45, 7) is 2.02. The second-order valence-electron chi connectivity index (χ2n) is 5.63. The van der Waals surface area contributed by atoms with Crippen LogP contribution >= 0.6 is 0 Å². The van der Waals surface area contributed by atoms with Gasteiger partial charge in [0.25, 0.3) is 0 Å². The van der Waals surface area contributed by atoms with E-state index in [-0.39, 0.29) is 5.82 Å². The second kappa shape index (κ2) is 4.77. The van der Waals surface area contributed by atoms with Crippen LogP contribution in [0.2, 0.25) is 0 Å². The van der Waals surface area contributed by atoms with Crippen LogP contribution in [0.25, 0.3) is 0 Å². The van der Waals surface area contributed by atoms with Gasteiger partial charge in [0.1, 0.15) is 0 Å². The summed E-state index contributed by atoms with van der Waals surface area (Å²) in [6.07, 6.45) is 5.02. The van der Waals surface area contributed by atoms with Crippen LogP contribution in [0.3, 0.4) is 0 Å². The molecule has 6 nitrogen and oxygen atoms in total. The zero-order valence-electron chi connectivity index (χ0n) is 10.7. The van der Waals surface area contributed by atoms with Crippen LogP contribution in [0.1, 0.15) is 19.3 Å². The van der Waals surface area contributed by atoms with E-state index >= 15 is 0 Å². The summed E-state index contributed by atoms with van der Waals surface area (Å²) in [7, 11) is 0. The largest absolute Gasteiger partial charge is 0.368 e. The minimum Gasteiger partial charge on any atom is -0.368 e. The SMILES string of the molecule is NC1CC[C@@H]2CN(c3ccc([N+](=O)[O-])nc3)C[C@@H]2C1. The van der Waals surface area contributed by atoms with Crippen molar-refractivity contribution in [3.8, 4) is 0 Å². The highest BCUT2D eigenvalue weighted by atomic mass is 16.6. The number of nitrogens with zero attached hydrogens (tertiary/aromatic N) is 3. The molecule has 0 amide bonds. The van der Waals surface area contributed by atoms with E-state index in [1.807, 2.05) is 0 Å². The topological polar surface area (TPSA) is 85.3 Å². The molecule has 2 heterocycles. The number of nitro groups is 1. The average Bonchev–Trinajstić information content (AvgIpc) is 2.81. The molecule has 0 aromatic carbocycles. The third-order valence-corrected chi connectivity index (χ3v) is 4.37. The fourth-order valence-corrected chi connectivity index (χ4v) is 3.35. The summed E-state index contributed by atoms with van der Waals surface area (Å²) in [4.78, 5) is 16.3. The minimum atomic E-state index is -0.466. The Balaban J connectivity index is 1.72. The zero-order valence-corrected chi connectivity index (χ0v) is 10.7. The van der Waals surface area contributed by atoms with E-state index in [9.17, 15) is 10.1 Å². The van der Waals surface area contributed by atoms with E-state index in [1.54, 1.807) is 12.3 Å². The van der Waals surface area contributed by atoms with Crippen molar-refractivity contribution in [3.05, 3.63) is 28.4 Å². The van der Waals surface area contributed by atoms with Crippen LogP contribution in [0.5, 0.6) is 0 Å². The van der Waals surface area contributed by atoms with E-state index < -0.39 is 4.92 Å². The van der Waals surface area contributed by atoms with Gasteiger partial charge >= 0.3 is 5.82 Å². The van der Waals surface area contributed by atoms with Crippen molar-refractivity contribution in [3.63, 3.8) is 0 Å². The van der Waals surface area contributed by atoms with Gasteiger partial charge in [-0.2, -0.15) is 0 Å². The highest BCUT2D eigenvalue weighted by Gasteiger charge is 2.37. The number of nitrogens with two attached hydrogens (primary N) is 1. The average molecular weight is 262 g/mol. The zero-order chi connectivity index (χ0) is 13.4.